The Balaban J connectivity index is 1.71. The molecule has 1 aromatic rings. The van der Waals surface area contributed by atoms with Crippen molar-refractivity contribution < 1.29 is 38.1 Å². The Bertz CT molecular complexity index is 1050. The van der Waals surface area contributed by atoms with E-state index in [0.29, 0.717) is 56.1 Å². The SMILES string of the molecule is COc1c(C)c2c(c(OC(=O)C(C)(C)C)c1CC=C(C)CCC(=O)OCCN1CCOCC1)C(=O)OC2. The third-order valence-corrected chi connectivity index (χ3v) is 6.59. The van der Waals surface area contributed by atoms with E-state index in [1.807, 2.05) is 19.9 Å². The maximum atomic E-state index is 12.8. The number of benzene rings is 1. The smallest absolute Gasteiger partial charge is 0.342 e. The molecule has 3 rings (SSSR count). The molecule has 0 bridgehead atoms. The summed E-state index contributed by atoms with van der Waals surface area (Å²) >= 11 is 0. The fourth-order valence-electron chi connectivity index (χ4n) is 4.23. The molecule has 2 heterocycles. The Morgan fingerprint density at radius 2 is 1.81 bits per heavy atom. The Morgan fingerprint density at radius 3 is 2.46 bits per heavy atom. The van der Waals surface area contributed by atoms with Crippen LogP contribution in [0, 0.1) is 12.3 Å². The predicted octanol–water partition coefficient (Wildman–Crippen LogP) is 3.77. The highest BCUT2D eigenvalue weighted by Crippen LogP contribution is 2.43. The van der Waals surface area contributed by atoms with Gasteiger partial charge < -0.3 is 23.7 Å². The zero-order valence-electron chi connectivity index (χ0n) is 22.9. The molecular weight excluding hydrogens is 478 g/mol. The van der Waals surface area contributed by atoms with Crippen LogP contribution in [0.15, 0.2) is 11.6 Å². The van der Waals surface area contributed by atoms with E-state index in [4.69, 9.17) is 23.7 Å². The standard InChI is InChI=1S/C28H39NO8/c1-18(8-10-22(30)35-16-13-29-11-14-34-15-12-29)7-9-20-24(33-6)19(2)21-17-36-26(31)23(21)25(20)37-27(32)28(3,4)5/h7H,8-17H2,1-6H3. The van der Waals surface area contributed by atoms with Crippen LogP contribution in [0.2, 0.25) is 0 Å². The van der Waals surface area contributed by atoms with Gasteiger partial charge in [-0.05, 0) is 53.0 Å². The van der Waals surface area contributed by atoms with Crippen molar-refractivity contribution in [3.8, 4) is 11.5 Å². The summed E-state index contributed by atoms with van der Waals surface area (Å²) in [5.41, 5.74) is 2.54. The second-order valence-corrected chi connectivity index (χ2v) is 10.5. The number of methoxy groups -OCH3 is 1. The molecule has 0 saturated carbocycles. The highest BCUT2D eigenvalue weighted by Gasteiger charge is 2.35. The Morgan fingerprint density at radius 1 is 1.11 bits per heavy atom. The maximum Gasteiger partial charge on any atom is 0.342 e. The van der Waals surface area contributed by atoms with Crippen molar-refractivity contribution in [3.63, 3.8) is 0 Å². The molecule has 9 heteroatoms. The number of ether oxygens (including phenoxy) is 5. The number of morpholine rings is 1. The van der Waals surface area contributed by atoms with Crippen LogP contribution in [0.5, 0.6) is 11.5 Å². The number of cyclic esters (lactones) is 1. The Hall–Kier alpha value is -2.91. The number of hydrogen-bond acceptors (Lipinski definition) is 9. The first kappa shape index (κ1) is 28.7. The summed E-state index contributed by atoms with van der Waals surface area (Å²) < 4.78 is 27.5. The minimum Gasteiger partial charge on any atom is -0.496 e. The van der Waals surface area contributed by atoms with Gasteiger partial charge in [0.2, 0.25) is 0 Å². The van der Waals surface area contributed by atoms with Crippen LogP contribution in [0.1, 0.15) is 67.6 Å². The van der Waals surface area contributed by atoms with E-state index in [1.54, 1.807) is 27.9 Å². The molecule has 2 aliphatic heterocycles. The second-order valence-electron chi connectivity index (χ2n) is 10.5. The summed E-state index contributed by atoms with van der Waals surface area (Å²) in [5, 5.41) is 0. The van der Waals surface area contributed by atoms with Gasteiger partial charge in [0.25, 0.3) is 0 Å². The lowest BCUT2D eigenvalue weighted by Crippen LogP contribution is -2.38. The molecular formula is C28H39NO8. The fourth-order valence-corrected chi connectivity index (χ4v) is 4.23. The molecule has 1 saturated heterocycles. The maximum absolute atomic E-state index is 12.8. The van der Waals surface area contributed by atoms with E-state index >= 15 is 0 Å². The number of hydrogen-bond donors (Lipinski definition) is 0. The summed E-state index contributed by atoms with van der Waals surface area (Å²) in [6.45, 7) is 13.4. The minimum atomic E-state index is -0.765. The highest BCUT2D eigenvalue weighted by atomic mass is 16.6. The summed E-state index contributed by atoms with van der Waals surface area (Å²) in [7, 11) is 1.55. The van der Waals surface area contributed by atoms with Gasteiger partial charge in [-0.25, -0.2) is 4.79 Å². The molecule has 0 atom stereocenters. The van der Waals surface area contributed by atoms with Gasteiger partial charge in [0, 0.05) is 37.2 Å². The largest absolute Gasteiger partial charge is 0.496 e. The van der Waals surface area contributed by atoms with Crippen molar-refractivity contribution in [2.24, 2.45) is 5.41 Å². The fraction of sp³-hybridized carbons (Fsp3) is 0.607. The molecule has 2 aliphatic rings. The van der Waals surface area contributed by atoms with E-state index in [-0.39, 0.29) is 30.3 Å². The van der Waals surface area contributed by atoms with Crippen LogP contribution in [0.25, 0.3) is 0 Å². The van der Waals surface area contributed by atoms with E-state index in [9.17, 15) is 14.4 Å². The summed E-state index contributed by atoms with van der Waals surface area (Å²) in [5.74, 6) is -0.470. The predicted molar refractivity (Wildman–Crippen MR) is 137 cm³/mol. The van der Waals surface area contributed by atoms with Crippen molar-refractivity contribution >= 4 is 17.9 Å². The van der Waals surface area contributed by atoms with Crippen LogP contribution in [-0.2, 0) is 36.8 Å². The van der Waals surface area contributed by atoms with E-state index < -0.39 is 17.4 Å². The van der Waals surface area contributed by atoms with Gasteiger partial charge in [-0.2, -0.15) is 0 Å². The topological polar surface area (TPSA) is 101 Å². The molecule has 37 heavy (non-hydrogen) atoms. The molecule has 0 radical (unpaired) electrons. The van der Waals surface area contributed by atoms with Crippen LogP contribution in [-0.4, -0.2) is 69.4 Å². The van der Waals surface area contributed by atoms with Crippen LogP contribution in [0.3, 0.4) is 0 Å². The minimum absolute atomic E-state index is 0.110. The number of fused-ring (bicyclic) bond motifs is 1. The zero-order chi connectivity index (χ0) is 27.2. The lowest BCUT2D eigenvalue weighted by molar-refractivity contribution is -0.144. The summed E-state index contributed by atoms with van der Waals surface area (Å²) in [6, 6.07) is 0. The Kier molecular flexibility index (Phi) is 9.73. The third kappa shape index (κ3) is 7.32. The van der Waals surface area contributed by atoms with Crippen LogP contribution >= 0.6 is 0 Å². The molecule has 9 nitrogen and oxygen atoms in total. The number of rotatable bonds is 10. The number of nitrogens with zero attached hydrogens (tertiary/aromatic N) is 1. The normalized spacial score (nSPS) is 16.3. The van der Waals surface area contributed by atoms with Crippen molar-refractivity contribution in [1.29, 1.82) is 0 Å². The lowest BCUT2D eigenvalue weighted by atomic mass is 9.93. The number of esters is 3. The van der Waals surface area contributed by atoms with Crippen LogP contribution in [0.4, 0.5) is 0 Å². The second kappa shape index (κ2) is 12.6. The molecule has 0 aromatic heterocycles. The highest BCUT2D eigenvalue weighted by molar-refractivity contribution is 5.99. The molecule has 1 fully saturated rings. The van der Waals surface area contributed by atoms with Crippen molar-refractivity contribution in [2.75, 3.05) is 46.6 Å². The summed E-state index contributed by atoms with van der Waals surface area (Å²) in [6.07, 6.45) is 3.11. The van der Waals surface area contributed by atoms with E-state index in [2.05, 4.69) is 4.90 Å². The first-order chi connectivity index (χ1) is 17.5. The van der Waals surface area contributed by atoms with Gasteiger partial charge >= 0.3 is 17.9 Å². The Labute approximate surface area is 219 Å². The zero-order valence-corrected chi connectivity index (χ0v) is 22.9. The monoisotopic (exact) mass is 517 g/mol. The number of allylic oxidation sites excluding steroid dienone is 2. The van der Waals surface area contributed by atoms with Gasteiger partial charge in [0.15, 0.2) is 5.75 Å². The number of carbonyl (C=O) groups is 3. The molecule has 0 spiro atoms. The van der Waals surface area contributed by atoms with Gasteiger partial charge in [0.05, 0.1) is 25.7 Å². The third-order valence-electron chi connectivity index (χ3n) is 6.59. The lowest BCUT2D eigenvalue weighted by Gasteiger charge is -2.26. The van der Waals surface area contributed by atoms with E-state index in [1.165, 1.54) is 0 Å². The quantitative estimate of drug-likeness (QED) is 0.261. The van der Waals surface area contributed by atoms with Crippen molar-refractivity contribution in [2.45, 2.75) is 60.5 Å². The van der Waals surface area contributed by atoms with Gasteiger partial charge in [-0.15, -0.1) is 0 Å². The average Bonchev–Trinajstić information content (AvgIpc) is 3.25. The first-order valence-electron chi connectivity index (χ1n) is 12.8. The molecule has 0 amide bonds. The van der Waals surface area contributed by atoms with Gasteiger partial charge in [-0.3, -0.25) is 14.5 Å². The number of carbonyl (C=O) groups excluding carboxylic acids is 3. The van der Waals surface area contributed by atoms with Crippen molar-refractivity contribution in [1.82, 2.24) is 4.90 Å². The molecule has 204 valence electrons. The van der Waals surface area contributed by atoms with Crippen molar-refractivity contribution in [3.05, 3.63) is 33.9 Å². The molecule has 0 unspecified atom stereocenters. The molecule has 0 N–H and O–H groups in total. The van der Waals surface area contributed by atoms with Gasteiger partial charge in [-0.1, -0.05) is 11.6 Å². The first-order valence-corrected chi connectivity index (χ1v) is 12.8. The molecule has 0 aliphatic carbocycles. The van der Waals surface area contributed by atoms with Gasteiger partial charge in [0.1, 0.15) is 24.5 Å². The molecule has 1 aromatic carbocycles. The summed E-state index contributed by atoms with van der Waals surface area (Å²) in [4.78, 5) is 39.8. The average molecular weight is 518 g/mol. The van der Waals surface area contributed by atoms with Crippen LogP contribution < -0.4 is 9.47 Å². The van der Waals surface area contributed by atoms with E-state index in [0.717, 1.165) is 24.2 Å².